The van der Waals surface area contributed by atoms with Gasteiger partial charge in [0.15, 0.2) is 9.84 Å². The quantitative estimate of drug-likeness (QED) is 0.672. The Morgan fingerprint density at radius 2 is 1.62 bits per heavy atom. The average molecular weight is 443 g/mol. The zero-order chi connectivity index (χ0) is 22.2. The normalized spacial score (nSPS) is 20.7. The number of rotatable bonds is 5. The lowest BCUT2D eigenvalue weighted by molar-refractivity contribution is -0.137. The van der Waals surface area contributed by atoms with Crippen molar-refractivity contribution < 1.29 is 23.1 Å². The van der Waals surface area contributed by atoms with E-state index in [0.717, 1.165) is 28.9 Å². The second-order valence-electron chi connectivity index (χ2n) is 9.88. The molecule has 1 aliphatic carbocycles. The van der Waals surface area contributed by atoms with E-state index in [1.54, 1.807) is 11.8 Å². The maximum Gasteiger partial charge on any atom is 0.320 e. The van der Waals surface area contributed by atoms with Gasteiger partial charge in [-0.05, 0) is 35.8 Å². The summed E-state index contributed by atoms with van der Waals surface area (Å²) in [6, 6.07) is 3.97. The van der Waals surface area contributed by atoms with E-state index in [9.17, 15) is 18.3 Å². The van der Waals surface area contributed by atoms with Crippen LogP contribution in [-0.4, -0.2) is 42.9 Å². The Labute approximate surface area is 179 Å². The highest BCUT2D eigenvalue weighted by atomic mass is 32.2. The van der Waals surface area contributed by atoms with Gasteiger partial charge < -0.3 is 9.84 Å². The summed E-state index contributed by atoms with van der Waals surface area (Å²) in [5.41, 5.74) is 1.23. The number of aromatic hydroxyl groups is 1. The molecule has 29 heavy (non-hydrogen) atoms. The summed E-state index contributed by atoms with van der Waals surface area (Å²) in [7, 11) is -2.37. The zero-order valence-corrected chi connectivity index (χ0v) is 20.2. The Kier molecular flexibility index (Phi) is 7.05. The van der Waals surface area contributed by atoms with Crippen molar-refractivity contribution in [1.82, 2.24) is 0 Å². The molecule has 1 saturated carbocycles. The Balaban J connectivity index is 2.41. The van der Waals surface area contributed by atoms with Crippen LogP contribution in [0.1, 0.15) is 71.9 Å². The van der Waals surface area contributed by atoms with Gasteiger partial charge in [0, 0.05) is 21.3 Å². The third-order valence-corrected chi connectivity index (χ3v) is 9.06. The molecule has 0 unspecified atom stereocenters. The van der Waals surface area contributed by atoms with E-state index >= 15 is 0 Å². The summed E-state index contributed by atoms with van der Waals surface area (Å²) >= 11 is 1.55. The van der Waals surface area contributed by atoms with Crippen LogP contribution in [0.2, 0.25) is 0 Å². The fourth-order valence-electron chi connectivity index (χ4n) is 3.76. The van der Waals surface area contributed by atoms with Gasteiger partial charge in [-0.3, -0.25) is 4.79 Å². The first-order valence-corrected chi connectivity index (χ1v) is 12.6. The summed E-state index contributed by atoms with van der Waals surface area (Å²) in [5.74, 6) is -0.965. The van der Waals surface area contributed by atoms with Crippen LogP contribution in [-0.2, 0) is 30.2 Å². The Hall–Kier alpha value is -1.21. The van der Waals surface area contributed by atoms with Crippen molar-refractivity contribution in [1.29, 1.82) is 0 Å². The van der Waals surface area contributed by atoms with E-state index in [4.69, 9.17) is 0 Å². The van der Waals surface area contributed by atoms with Gasteiger partial charge in [-0.25, -0.2) is 8.42 Å². The standard InChI is InChI=1S/C22H34O5S2/c1-21(2,3)15-11-14(12-16(20(15)24)22(4,5)6)28-17-9-8-10-18(17)29(25,26)13-19(23)27-7/h11-12,17-18,24H,8-10,13H2,1-7H3/t17-,18+/m0/s1. The molecule has 1 fully saturated rings. The van der Waals surface area contributed by atoms with Crippen LogP contribution >= 0.6 is 11.8 Å². The molecule has 0 aliphatic heterocycles. The third-order valence-electron chi connectivity index (χ3n) is 5.39. The molecule has 1 N–H and O–H groups in total. The van der Waals surface area contributed by atoms with E-state index in [1.807, 2.05) is 12.1 Å². The molecule has 5 nitrogen and oxygen atoms in total. The molecular weight excluding hydrogens is 408 g/mol. The van der Waals surface area contributed by atoms with Gasteiger partial charge >= 0.3 is 5.97 Å². The molecule has 2 atom stereocenters. The van der Waals surface area contributed by atoms with Crippen LogP contribution in [0, 0.1) is 0 Å². The number of carbonyl (C=O) groups excluding carboxylic acids is 1. The molecular formula is C22H34O5S2. The van der Waals surface area contributed by atoms with Crippen LogP contribution < -0.4 is 0 Å². The molecule has 0 radical (unpaired) electrons. The Bertz CT molecular complexity index is 825. The van der Waals surface area contributed by atoms with Crippen LogP contribution in [0.15, 0.2) is 17.0 Å². The number of thioether (sulfide) groups is 1. The molecule has 0 spiro atoms. The van der Waals surface area contributed by atoms with Crippen molar-refractivity contribution in [2.24, 2.45) is 0 Å². The first-order valence-electron chi connectivity index (χ1n) is 10.00. The van der Waals surface area contributed by atoms with Gasteiger partial charge in [0.2, 0.25) is 0 Å². The molecule has 7 heteroatoms. The lowest BCUT2D eigenvalue weighted by atomic mass is 9.79. The molecule has 0 bridgehead atoms. The van der Waals surface area contributed by atoms with E-state index in [1.165, 1.54) is 7.11 Å². The minimum absolute atomic E-state index is 0.116. The number of sulfone groups is 1. The highest BCUT2D eigenvalue weighted by Crippen LogP contribution is 2.45. The van der Waals surface area contributed by atoms with Crippen molar-refractivity contribution >= 4 is 27.6 Å². The molecule has 0 amide bonds. The number of phenols is 1. The van der Waals surface area contributed by atoms with E-state index in [2.05, 4.69) is 46.3 Å². The first kappa shape index (κ1) is 24.1. The lowest BCUT2D eigenvalue weighted by Crippen LogP contribution is -2.32. The molecule has 0 heterocycles. The van der Waals surface area contributed by atoms with Gasteiger partial charge in [-0.2, -0.15) is 0 Å². The van der Waals surface area contributed by atoms with Crippen molar-refractivity contribution in [3.63, 3.8) is 0 Å². The summed E-state index contributed by atoms with van der Waals surface area (Å²) in [6.45, 7) is 12.3. The number of benzene rings is 1. The van der Waals surface area contributed by atoms with Crippen molar-refractivity contribution in [3.05, 3.63) is 23.3 Å². The van der Waals surface area contributed by atoms with Gasteiger partial charge in [0.1, 0.15) is 11.5 Å². The summed E-state index contributed by atoms with van der Waals surface area (Å²) in [4.78, 5) is 12.5. The Morgan fingerprint density at radius 1 is 1.10 bits per heavy atom. The summed E-state index contributed by atoms with van der Waals surface area (Å²) in [6.07, 6.45) is 2.17. The third kappa shape index (κ3) is 5.69. The van der Waals surface area contributed by atoms with Crippen LogP contribution in [0.5, 0.6) is 5.75 Å². The minimum atomic E-state index is -3.57. The predicted octanol–water partition coefficient (Wildman–Crippen LogP) is 4.59. The number of hydrogen-bond donors (Lipinski definition) is 1. The average Bonchev–Trinajstić information content (AvgIpc) is 3.02. The molecule has 0 aromatic heterocycles. The fourth-order valence-corrected chi connectivity index (χ4v) is 7.52. The number of hydrogen-bond acceptors (Lipinski definition) is 6. The smallest absolute Gasteiger partial charge is 0.320 e. The van der Waals surface area contributed by atoms with Crippen molar-refractivity contribution in [2.45, 2.75) is 87.0 Å². The van der Waals surface area contributed by atoms with Crippen LogP contribution in [0.3, 0.4) is 0 Å². The second-order valence-corrected chi connectivity index (χ2v) is 13.4. The fraction of sp³-hybridized carbons (Fsp3) is 0.682. The van der Waals surface area contributed by atoms with Gasteiger partial charge in [0.25, 0.3) is 0 Å². The van der Waals surface area contributed by atoms with E-state index in [0.29, 0.717) is 12.2 Å². The largest absolute Gasteiger partial charge is 0.507 e. The maximum absolute atomic E-state index is 12.8. The predicted molar refractivity (Wildman–Crippen MR) is 119 cm³/mol. The lowest BCUT2D eigenvalue weighted by Gasteiger charge is -2.29. The van der Waals surface area contributed by atoms with E-state index in [-0.39, 0.29) is 16.1 Å². The number of carbonyl (C=O) groups is 1. The SMILES string of the molecule is COC(=O)CS(=O)(=O)[C@@H]1CCC[C@@H]1Sc1cc(C(C)(C)C)c(O)c(C(C)(C)C)c1. The van der Waals surface area contributed by atoms with Crippen molar-refractivity contribution in [3.8, 4) is 5.75 Å². The van der Waals surface area contributed by atoms with Gasteiger partial charge in [0.05, 0.1) is 12.4 Å². The number of ether oxygens (including phenoxy) is 1. The van der Waals surface area contributed by atoms with Crippen LogP contribution in [0.4, 0.5) is 0 Å². The number of methoxy groups -OCH3 is 1. The van der Waals surface area contributed by atoms with Gasteiger partial charge in [-0.1, -0.05) is 48.0 Å². The molecule has 1 aliphatic rings. The van der Waals surface area contributed by atoms with E-state index < -0.39 is 26.8 Å². The molecule has 0 saturated heterocycles. The van der Waals surface area contributed by atoms with Crippen molar-refractivity contribution in [2.75, 3.05) is 12.9 Å². The number of phenolic OH excluding ortho intramolecular Hbond substituents is 1. The topological polar surface area (TPSA) is 80.7 Å². The summed E-state index contributed by atoms with van der Waals surface area (Å²) < 4.78 is 30.1. The molecule has 164 valence electrons. The Morgan fingerprint density at radius 3 is 2.07 bits per heavy atom. The van der Waals surface area contributed by atoms with Crippen LogP contribution in [0.25, 0.3) is 0 Å². The summed E-state index contributed by atoms with van der Waals surface area (Å²) in [5, 5.41) is 10.2. The highest BCUT2D eigenvalue weighted by Gasteiger charge is 2.39. The molecule has 1 aromatic rings. The van der Waals surface area contributed by atoms with Gasteiger partial charge in [-0.15, -0.1) is 11.8 Å². The number of esters is 1. The second kappa shape index (κ2) is 8.50. The highest BCUT2D eigenvalue weighted by molar-refractivity contribution is 8.01. The first-order chi connectivity index (χ1) is 13.2. The zero-order valence-electron chi connectivity index (χ0n) is 18.5. The minimum Gasteiger partial charge on any atom is -0.507 e. The maximum atomic E-state index is 12.8. The monoisotopic (exact) mass is 442 g/mol. The molecule has 1 aromatic carbocycles. The molecule has 2 rings (SSSR count).